The van der Waals surface area contributed by atoms with Gasteiger partial charge in [0.25, 0.3) is 0 Å². The smallest absolute Gasteiger partial charge is 0.234 e. The van der Waals surface area contributed by atoms with Gasteiger partial charge in [-0.1, -0.05) is 106 Å². The van der Waals surface area contributed by atoms with Crippen molar-refractivity contribution >= 4 is 17.7 Å². The fourth-order valence-corrected chi connectivity index (χ4v) is 10.3. The summed E-state index contributed by atoms with van der Waals surface area (Å²) in [6.07, 6.45) is 11.2. The van der Waals surface area contributed by atoms with E-state index in [9.17, 15) is 14.4 Å². The van der Waals surface area contributed by atoms with Crippen LogP contribution in [0, 0.1) is 20.8 Å². The number of hydrogen-bond donors (Lipinski definition) is 3. The average Bonchev–Trinajstić information content (AvgIpc) is 0.801. The van der Waals surface area contributed by atoms with Gasteiger partial charge in [0.05, 0.1) is 92.7 Å². The van der Waals surface area contributed by atoms with Gasteiger partial charge in [-0.3, -0.25) is 44.3 Å². The number of pyridine rings is 3. The number of nitrogens with one attached hydrogen (secondary N) is 1. The number of nitrogens with two attached hydrogens (primary N) is 1. The molecule has 0 aliphatic carbocycles. The number of benzene rings is 3. The van der Waals surface area contributed by atoms with Crippen LogP contribution in [0.4, 0.5) is 0 Å². The molecule has 22 heteroatoms. The Balaban J connectivity index is 0.000000268. The van der Waals surface area contributed by atoms with Crippen LogP contribution in [0.5, 0.6) is 0 Å². The summed E-state index contributed by atoms with van der Waals surface area (Å²) in [7, 11) is 0. The maximum atomic E-state index is 12.9. The molecule has 0 saturated carbocycles. The number of carbonyl (C=O) groups excluding carboxylic acids is 3. The number of aryl methyl sites for hydroxylation is 3. The second-order valence-corrected chi connectivity index (χ2v) is 24.5. The molecule has 1 aliphatic heterocycles. The van der Waals surface area contributed by atoms with Gasteiger partial charge in [-0.2, -0.15) is 0 Å². The number of nitrogens with zero attached hydrogens (tertiary/aromatic N) is 13. The first kappa shape index (κ1) is 65.8. The van der Waals surface area contributed by atoms with Crippen molar-refractivity contribution in [1.29, 1.82) is 0 Å². The first-order chi connectivity index (χ1) is 46.2. The molecule has 12 aromatic rings. The lowest BCUT2D eigenvalue weighted by Gasteiger charge is -2.37. The van der Waals surface area contributed by atoms with Crippen molar-refractivity contribution in [2.45, 2.75) is 85.0 Å². The van der Waals surface area contributed by atoms with Gasteiger partial charge in [0.15, 0.2) is 17.3 Å². The van der Waals surface area contributed by atoms with E-state index in [0.717, 1.165) is 81.4 Å². The van der Waals surface area contributed by atoms with Crippen molar-refractivity contribution in [2.24, 2.45) is 5.73 Å². The Kier molecular flexibility index (Phi) is 19.4. The number of likely N-dealkylation sites (tertiary alicyclic amines) is 1. The lowest BCUT2D eigenvalue weighted by atomic mass is 9.85. The van der Waals surface area contributed by atoms with E-state index in [4.69, 9.17) is 39.4 Å². The van der Waals surface area contributed by atoms with Gasteiger partial charge in [-0.05, 0) is 105 Å². The topological polar surface area (TPSA) is 307 Å². The Bertz CT molecular complexity index is 4770. The van der Waals surface area contributed by atoms with Crippen LogP contribution >= 0.6 is 0 Å². The van der Waals surface area contributed by atoms with Gasteiger partial charge in [-0.25, -0.2) is 15.0 Å². The summed E-state index contributed by atoms with van der Waals surface area (Å²) in [6, 6.07) is 46.1. The largest absolute Gasteiger partial charge is 0.395 e. The van der Waals surface area contributed by atoms with Gasteiger partial charge in [-0.15, -0.1) is 0 Å². The zero-order valence-electron chi connectivity index (χ0n) is 54.6. The van der Waals surface area contributed by atoms with Crippen molar-refractivity contribution in [2.75, 3.05) is 26.2 Å². The molecule has 22 nitrogen and oxygen atoms in total. The number of carbonyl (C=O) groups is 3. The van der Waals surface area contributed by atoms with E-state index in [1.54, 1.807) is 64.9 Å². The van der Waals surface area contributed by atoms with Crippen LogP contribution in [0.2, 0.25) is 0 Å². The van der Waals surface area contributed by atoms with Crippen LogP contribution in [-0.2, 0) is 30.6 Å². The molecule has 4 N–H and O–H groups in total. The summed E-state index contributed by atoms with van der Waals surface area (Å²) in [6.45, 7) is 18.2. The quantitative estimate of drug-likeness (QED) is 0.0763. The molecule has 3 amide bonds. The number of rotatable bonds is 17. The minimum Gasteiger partial charge on any atom is -0.395 e. The van der Waals surface area contributed by atoms with Crippen molar-refractivity contribution in [3.8, 4) is 102 Å². The fraction of sp³-hybridized carbons (Fsp3) is 0.230. The summed E-state index contributed by atoms with van der Waals surface area (Å²) in [5.74, 6) is 1.06. The van der Waals surface area contributed by atoms with Gasteiger partial charge < -0.3 is 34.6 Å². The molecule has 3 aromatic carbocycles. The molecule has 10 heterocycles. The standard InChI is InChI=1S/C26H25N5O2.C25H25N5O3.C23H21N5O2.6H2/c1-17-24(22-15-20(30-33-22)18-8-5-4-6-9-18)29-21(16-28-17)19-10-11-27-23(14-19)26(2,3)25(32)31-12-7-13-31;1-16-23(21-14-19(30-33-21)17-7-5-4-6-8-17)29-20(15-28-16)18-9-10-26-22(13-18)25(2,3)24(32)27-11-12-31;1-14-21(19-12-17(28-30-19)15-7-5-4-6-8-15)27-18(13-26-14)16-9-10-25-20(11-16)23(2,3)22(24)29;;;;;;/h4-6,8-11,14-16H,7,12-13H2,1-3H3;4-10,13-15,31H,11-12H2,1-3H3,(H,27,32);4-13H,1-3H3,(H2,24,29);6*1H. The highest BCUT2D eigenvalue weighted by molar-refractivity contribution is 5.89. The van der Waals surface area contributed by atoms with Crippen LogP contribution < -0.4 is 11.1 Å². The van der Waals surface area contributed by atoms with E-state index in [1.807, 2.05) is 185 Å². The first-order valence-corrected chi connectivity index (χ1v) is 31.2. The minimum atomic E-state index is -0.896. The number of aliphatic hydroxyl groups excluding tert-OH is 1. The van der Waals surface area contributed by atoms with Crippen LogP contribution in [-0.4, -0.2) is 114 Å². The van der Waals surface area contributed by atoms with E-state index in [0.29, 0.717) is 74.2 Å². The molecule has 1 aliphatic rings. The summed E-state index contributed by atoms with van der Waals surface area (Å²) < 4.78 is 16.8. The molecule has 0 atom stereocenters. The Morgan fingerprint density at radius 1 is 0.469 bits per heavy atom. The maximum absolute atomic E-state index is 12.9. The van der Waals surface area contributed by atoms with E-state index < -0.39 is 22.2 Å². The summed E-state index contributed by atoms with van der Waals surface area (Å²) in [4.78, 5) is 80.3. The third-order valence-corrected chi connectivity index (χ3v) is 16.7. The van der Waals surface area contributed by atoms with Crippen molar-refractivity contribution in [1.82, 2.24) is 70.5 Å². The summed E-state index contributed by atoms with van der Waals surface area (Å²) >= 11 is 0. The Labute approximate surface area is 563 Å². The predicted molar refractivity (Wildman–Crippen MR) is 375 cm³/mol. The predicted octanol–water partition coefficient (Wildman–Crippen LogP) is 13.6. The zero-order chi connectivity index (χ0) is 67.7. The minimum absolute atomic E-state index is 0. The molecule has 1 fully saturated rings. The van der Waals surface area contributed by atoms with E-state index >= 15 is 0 Å². The third-order valence-electron chi connectivity index (χ3n) is 16.7. The third kappa shape index (κ3) is 14.4. The average molecular weight is 1290 g/mol. The number of amides is 3. The number of aliphatic hydroxyl groups is 1. The number of aromatic nitrogens is 12. The second-order valence-electron chi connectivity index (χ2n) is 24.5. The molecule has 96 heavy (non-hydrogen) atoms. The van der Waals surface area contributed by atoms with E-state index in [1.165, 1.54) is 0 Å². The van der Waals surface area contributed by atoms with E-state index in [-0.39, 0.29) is 33.5 Å². The monoisotopic (exact) mass is 1290 g/mol. The SMILES string of the molecule is Cc1ncc(-c2ccnc(C(C)(C)C(=O)N3CCC3)c2)nc1-c1cc(-c2ccccc2)no1.Cc1ncc(-c2ccnc(C(C)(C)C(=O)NCCO)c2)nc1-c1cc(-c2ccccc2)no1.Cc1ncc(-c2ccnc(C(C)(C)C(N)=O)c2)nc1-c1cc(-c2ccccc2)no1.[HH].[HH].[HH].[HH].[HH].[HH]. The Morgan fingerprint density at radius 3 is 1.14 bits per heavy atom. The van der Waals surface area contributed by atoms with Crippen LogP contribution in [0.25, 0.3) is 102 Å². The van der Waals surface area contributed by atoms with Crippen molar-refractivity contribution in [3.05, 3.63) is 217 Å². The highest BCUT2D eigenvalue weighted by Crippen LogP contribution is 2.35. The zero-order valence-corrected chi connectivity index (χ0v) is 54.6. The van der Waals surface area contributed by atoms with Crippen molar-refractivity contribution in [3.63, 3.8) is 0 Å². The molecular weight excluding hydrogens is 1210 g/mol. The fourth-order valence-electron chi connectivity index (χ4n) is 10.3. The molecule has 0 spiro atoms. The molecule has 0 bridgehead atoms. The molecule has 0 radical (unpaired) electrons. The number of primary amides is 1. The van der Waals surface area contributed by atoms with Crippen molar-refractivity contribution < 1.29 is 41.6 Å². The first-order valence-electron chi connectivity index (χ1n) is 31.2. The second kappa shape index (κ2) is 28.3. The van der Waals surface area contributed by atoms with Gasteiger partial charge in [0.2, 0.25) is 17.7 Å². The van der Waals surface area contributed by atoms with Gasteiger partial charge in [0, 0.05) is 98.4 Å². The maximum Gasteiger partial charge on any atom is 0.234 e. The Morgan fingerprint density at radius 2 is 0.812 bits per heavy atom. The van der Waals surface area contributed by atoms with Crippen LogP contribution in [0.15, 0.2) is 196 Å². The highest BCUT2D eigenvalue weighted by Gasteiger charge is 2.38. The molecule has 9 aromatic heterocycles. The van der Waals surface area contributed by atoms with Crippen LogP contribution in [0.3, 0.4) is 0 Å². The molecule has 13 rings (SSSR count). The van der Waals surface area contributed by atoms with Gasteiger partial charge >= 0.3 is 0 Å². The molecular formula is C74H83N15O7. The highest BCUT2D eigenvalue weighted by atomic mass is 16.5. The normalized spacial score (nSPS) is 12.2. The number of hydrogen-bond acceptors (Lipinski definition) is 19. The Hall–Kier alpha value is -11.7. The lowest BCUT2D eigenvalue weighted by Crippen LogP contribution is -2.50. The van der Waals surface area contributed by atoms with E-state index in [2.05, 4.69) is 50.7 Å². The summed E-state index contributed by atoms with van der Waals surface area (Å²) in [5, 5.41) is 24.3. The lowest BCUT2D eigenvalue weighted by molar-refractivity contribution is -0.140. The summed E-state index contributed by atoms with van der Waals surface area (Å²) in [5.41, 5.74) is 18.4. The van der Waals surface area contributed by atoms with Gasteiger partial charge in [0.1, 0.15) is 34.2 Å². The van der Waals surface area contributed by atoms with Crippen LogP contribution in [0.1, 0.15) is 90.7 Å². The molecule has 1 saturated heterocycles. The molecule has 496 valence electrons. The molecule has 0 unspecified atom stereocenters.